The molecule has 5 rings (SSSR count). The Balaban J connectivity index is 1.32. The molecule has 3 N–H and O–H groups in total. The van der Waals surface area contributed by atoms with Gasteiger partial charge in [-0.2, -0.15) is 13.2 Å². The maximum atomic E-state index is 13.1. The minimum atomic E-state index is -4.51. The highest BCUT2D eigenvalue weighted by atomic mass is 19.4. The maximum absolute atomic E-state index is 13.1. The number of fused-ring (bicyclic) bond motifs is 2. The van der Waals surface area contributed by atoms with Crippen LogP contribution in [0.3, 0.4) is 0 Å². The summed E-state index contributed by atoms with van der Waals surface area (Å²) in [6.07, 6.45) is -1.04. The van der Waals surface area contributed by atoms with Gasteiger partial charge in [0.2, 0.25) is 5.82 Å². The number of nitrogens with two attached hydrogens (primary N) is 1. The van der Waals surface area contributed by atoms with Gasteiger partial charge in [0.15, 0.2) is 5.82 Å². The van der Waals surface area contributed by atoms with Gasteiger partial charge in [-0.25, -0.2) is 9.97 Å². The number of nitrogens with one attached hydrogen (secondary N) is 1. The molecule has 4 aromatic rings. The molecule has 4 heterocycles. The minimum absolute atomic E-state index is 0.153. The zero-order valence-electron chi connectivity index (χ0n) is 17.8. The Labute approximate surface area is 187 Å². The average molecular weight is 454 g/mol. The lowest BCUT2D eigenvalue weighted by atomic mass is 10.1. The van der Waals surface area contributed by atoms with Crippen LogP contribution in [-0.2, 0) is 25.8 Å². The molecule has 0 amide bonds. The predicted octanol–water partition coefficient (Wildman–Crippen LogP) is 3.76. The molecule has 0 fully saturated rings. The van der Waals surface area contributed by atoms with E-state index in [0.29, 0.717) is 24.7 Å². The van der Waals surface area contributed by atoms with Crippen LogP contribution in [0.15, 0.2) is 42.7 Å². The lowest BCUT2D eigenvalue weighted by Crippen LogP contribution is -2.35. The number of nitrogen functional groups attached to an aromatic ring is 1. The van der Waals surface area contributed by atoms with E-state index in [2.05, 4.69) is 25.5 Å². The number of nitrogens with zero attached hydrogens (tertiary/aromatic N) is 6. The number of anilines is 3. The quantitative estimate of drug-likeness (QED) is 0.485. The molecule has 0 aliphatic carbocycles. The summed E-state index contributed by atoms with van der Waals surface area (Å²) in [5, 5.41) is 12.4. The van der Waals surface area contributed by atoms with Gasteiger partial charge in [-0.3, -0.25) is 0 Å². The van der Waals surface area contributed by atoms with Gasteiger partial charge in [-0.15, -0.1) is 10.2 Å². The number of pyridine rings is 2. The van der Waals surface area contributed by atoms with E-state index in [1.807, 2.05) is 42.2 Å². The number of hydrogen-bond acceptors (Lipinski definition) is 7. The molecule has 0 saturated heterocycles. The van der Waals surface area contributed by atoms with Gasteiger partial charge in [-0.1, -0.05) is 12.1 Å². The summed E-state index contributed by atoms with van der Waals surface area (Å²) in [4.78, 5) is 10.6. The second-order valence-corrected chi connectivity index (χ2v) is 7.93. The largest absolute Gasteiger partial charge is 0.451 e. The maximum Gasteiger partial charge on any atom is 0.451 e. The van der Waals surface area contributed by atoms with Crippen LogP contribution < -0.4 is 16.0 Å². The Morgan fingerprint density at radius 1 is 1.09 bits per heavy atom. The van der Waals surface area contributed by atoms with Crippen molar-refractivity contribution in [2.45, 2.75) is 32.7 Å². The fourth-order valence-corrected chi connectivity index (χ4v) is 4.06. The molecule has 170 valence electrons. The van der Waals surface area contributed by atoms with Crippen LogP contribution in [0.2, 0.25) is 0 Å². The summed E-state index contributed by atoms with van der Waals surface area (Å²) in [6, 6.07) is 9.70. The average Bonchev–Trinajstić information content (AvgIpc) is 3.22. The molecule has 0 unspecified atom stereocenters. The number of benzene rings is 1. The van der Waals surface area contributed by atoms with Crippen molar-refractivity contribution in [1.82, 2.24) is 24.7 Å². The SMILES string of the molecule is Cc1cc(N2CCn3c(nnc3C(F)(F)F)C2)ncc1CNc1cccc2c(N)nccc12. The molecule has 8 nitrogen and oxygen atoms in total. The second kappa shape index (κ2) is 7.91. The van der Waals surface area contributed by atoms with E-state index in [4.69, 9.17) is 5.73 Å². The van der Waals surface area contributed by atoms with Crippen LogP contribution >= 0.6 is 0 Å². The number of aromatic nitrogens is 5. The van der Waals surface area contributed by atoms with Gasteiger partial charge < -0.3 is 20.5 Å². The van der Waals surface area contributed by atoms with Gasteiger partial charge >= 0.3 is 6.18 Å². The summed E-state index contributed by atoms with van der Waals surface area (Å²) in [7, 11) is 0. The van der Waals surface area contributed by atoms with Gasteiger partial charge in [-0.05, 0) is 36.2 Å². The molecule has 0 spiro atoms. The molecule has 0 bridgehead atoms. The molecular formula is C22H21F3N8. The second-order valence-electron chi connectivity index (χ2n) is 7.93. The summed E-state index contributed by atoms with van der Waals surface area (Å²) in [5.41, 5.74) is 8.96. The first-order valence-electron chi connectivity index (χ1n) is 10.4. The first-order valence-corrected chi connectivity index (χ1v) is 10.4. The van der Waals surface area contributed by atoms with Gasteiger partial charge in [0.25, 0.3) is 0 Å². The van der Waals surface area contributed by atoms with Crippen LogP contribution in [0.5, 0.6) is 0 Å². The van der Waals surface area contributed by atoms with E-state index in [1.54, 1.807) is 12.4 Å². The lowest BCUT2D eigenvalue weighted by Gasteiger charge is -2.29. The van der Waals surface area contributed by atoms with Crippen LogP contribution in [0, 0.1) is 6.92 Å². The van der Waals surface area contributed by atoms with Gasteiger partial charge in [0.05, 0.1) is 6.54 Å². The van der Waals surface area contributed by atoms with Gasteiger partial charge in [0, 0.05) is 48.5 Å². The highest BCUT2D eigenvalue weighted by Gasteiger charge is 2.39. The number of rotatable bonds is 4. The molecule has 3 aromatic heterocycles. The standard InChI is InChI=1S/C22H21F3N8/c1-13-9-18(32-7-8-33-19(12-32)30-31-21(33)22(23,24)25)29-11-14(13)10-28-17-4-2-3-16-15(17)5-6-27-20(16)26/h2-6,9,11,28H,7-8,10,12H2,1H3,(H2,26,27). The highest BCUT2D eigenvalue weighted by molar-refractivity contribution is 5.99. The van der Waals surface area contributed by atoms with Crippen molar-refractivity contribution in [2.24, 2.45) is 0 Å². The van der Waals surface area contributed by atoms with E-state index >= 15 is 0 Å². The number of alkyl halides is 3. The smallest absolute Gasteiger partial charge is 0.383 e. The highest BCUT2D eigenvalue weighted by Crippen LogP contribution is 2.31. The Morgan fingerprint density at radius 2 is 1.94 bits per heavy atom. The number of halogens is 3. The first-order chi connectivity index (χ1) is 15.8. The van der Waals surface area contributed by atoms with Crippen molar-refractivity contribution >= 4 is 28.1 Å². The van der Waals surface area contributed by atoms with E-state index in [-0.39, 0.29) is 18.9 Å². The van der Waals surface area contributed by atoms with Crippen LogP contribution in [-0.4, -0.2) is 31.3 Å². The zero-order valence-corrected chi connectivity index (χ0v) is 17.8. The van der Waals surface area contributed by atoms with Crippen LogP contribution in [0.4, 0.5) is 30.5 Å². The topological polar surface area (TPSA) is 97.8 Å². The summed E-state index contributed by atoms with van der Waals surface area (Å²) >= 11 is 0. The molecule has 11 heteroatoms. The summed E-state index contributed by atoms with van der Waals surface area (Å²) in [5.74, 6) is 0.512. The molecular weight excluding hydrogens is 433 g/mol. The van der Waals surface area contributed by atoms with E-state index < -0.39 is 12.0 Å². The molecule has 33 heavy (non-hydrogen) atoms. The fraction of sp³-hybridized carbons (Fsp3) is 0.273. The summed E-state index contributed by atoms with van der Waals surface area (Å²) < 4.78 is 40.3. The molecule has 1 aliphatic heterocycles. The van der Waals surface area contributed by atoms with E-state index in [9.17, 15) is 13.2 Å². The number of aryl methyl sites for hydroxylation is 1. The number of hydrogen-bond donors (Lipinski definition) is 2. The lowest BCUT2D eigenvalue weighted by molar-refractivity contribution is -0.147. The van der Waals surface area contributed by atoms with Crippen LogP contribution in [0.25, 0.3) is 10.8 Å². The molecule has 0 radical (unpaired) electrons. The van der Waals surface area contributed by atoms with Crippen molar-refractivity contribution in [3.05, 3.63) is 65.5 Å². The van der Waals surface area contributed by atoms with Crippen LogP contribution in [0.1, 0.15) is 22.8 Å². The minimum Gasteiger partial charge on any atom is -0.383 e. The zero-order chi connectivity index (χ0) is 23.2. The van der Waals surface area contributed by atoms with Crippen molar-refractivity contribution < 1.29 is 13.2 Å². The van der Waals surface area contributed by atoms with E-state index in [0.717, 1.165) is 32.2 Å². The molecule has 0 atom stereocenters. The third kappa shape index (κ3) is 3.90. The third-order valence-corrected chi connectivity index (χ3v) is 5.84. The molecule has 0 saturated carbocycles. The normalized spacial score (nSPS) is 13.9. The van der Waals surface area contributed by atoms with E-state index in [1.165, 1.54) is 0 Å². The summed E-state index contributed by atoms with van der Waals surface area (Å²) in [6.45, 7) is 3.31. The predicted molar refractivity (Wildman–Crippen MR) is 119 cm³/mol. The Bertz CT molecular complexity index is 1330. The van der Waals surface area contributed by atoms with Gasteiger partial charge in [0.1, 0.15) is 11.6 Å². The Hall–Kier alpha value is -3.89. The van der Waals surface area contributed by atoms with Crippen molar-refractivity contribution in [2.75, 3.05) is 22.5 Å². The third-order valence-electron chi connectivity index (χ3n) is 5.84. The van der Waals surface area contributed by atoms with Crippen molar-refractivity contribution in [3.63, 3.8) is 0 Å². The Morgan fingerprint density at radius 3 is 2.73 bits per heavy atom. The fourth-order valence-electron chi connectivity index (χ4n) is 4.06. The Kier molecular flexibility index (Phi) is 5.03. The molecule has 1 aromatic carbocycles. The van der Waals surface area contributed by atoms with Crippen molar-refractivity contribution in [3.8, 4) is 0 Å². The molecule has 1 aliphatic rings. The first kappa shape index (κ1) is 21.0. The monoisotopic (exact) mass is 454 g/mol. The van der Waals surface area contributed by atoms with Crippen molar-refractivity contribution in [1.29, 1.82) is 0 Å².